The highest BCUT2D eigenvalue weighted by molar-refractivity contribution is 6.38. The molecule has 0 aliphatic carbocycles. The molecule has 0 spiro atoms. The van der Waals surface area contributed by atoms with Crippen molar-refractivity contribution in [1.82, 2.24) is 20.4 Å². The highest BCUT2D eigenvalue weighted by Gasteiger charge is 2.26. The van der Waals surface area contributed by atoms with Gasteiger partial charge in [-0.3, -0.25) is 9.89 Å². The van der Waals surface area contributed by atoms with Crippen molar-refractivity contribution < 1.29 is 14.3 Å². The predicted molar refractivity (Wildman–Crippen MR) is 138 cm³/mol. The minimum absolute atomic E-state index is 0.0463. The minimum Gasteiger partial charge on any atom is -0.450 e. The van der Waals surface area contributed by atoms with Gasteiger partial charge < -0.3 is 15.0 Å². The number of aromatic nitrogens is 2. The number of nitrogens with zero attached hydrogens (tertiary/aromatic N) is 2. The van der Waals surface area contributed by atoms with Crippen molar-refractivity contribution in [1.29, 1.82) is 0 Å². The van der Waals surface area contributed by atoms with Gasteiger partial charge in [0.25, 0.3) is 5.91 Å². The molecule has 0 atom stereocenters. The Hall–Kier alpha value is -2.74. The number of piperidine rings is 1. The summed E-state index contributed by atoms with van der Waals surface area (Å²) >= 11 is 19.0. The SMILES string of the molecule is CCOC(=O)N1CCC(NC(=O)c2[nH]nc(-c3cc(-c4ccc(Cl)cc4)c(Cl)cc3Cl)c2C)CC1. The van der Waals surface area contributed by atoms with Crippen LogP contribution in [0.2, 0.25) is 15.1 Å². The number of likely N-dealkylation sites (tertiary alicyclic amines) is 1. The van der Waals surface area contributed by atoms with Crippen molar-refractivity contribution in [2.75, 3.05) is 19.7 Å². The molecule has 2 amide bonds. The van der Waals surface area contributed by atoms with Crippen LogP contribution in [0.15, 0.2) is 36.4 Å². The van der Waals surface area contributed by atoms with Gasteiger partial charge in [0.2, 0.25) is 0 Å². The smallest absolute Gasteiger partial charge is 0.409 e. The molecule has 4 rings (SSSR count). The van der Waals surface area contributed by atoms with E-state index in [1.54, 1.807) is 30.0 Å². The second kappa shape index (κ2) is 10.9. The quantitative estimate of drug-likeness (QED) is 0.398. The van der Waals surface area contributed by atoms with E-state index in [1.807, 2.05) is 25.1 Å². The minimum atomic E-state index is -0.316. The number of carbonyl (C=O) groups excluding carboxylic acids is 2. The molecule has 0 saturated carbocycles. The van der Waals surface area contributed by atoms with Crippen LogP contribution in [0.1, 0.15) is 35.8 Å². The Bertz CT molecular complexity index is 1240. The van der Waals surface area contributed by atoms with Crippen molar-refractivity contribution in [3.63, 3.8) is 0 Å². The van der Waals surface area contributed by atoms with Crippen molar-refractivity contribution in [2.45, 2.75) is 32.7 Å². The Labute approximate surface area is 218 Å². The van der Waals surface area contributed by atoms with Crippen LogP contribution in [-0.2, 0) is 4.74 Å². The lowest BCUT2D eigenvalue weighted by molar-refractivity contribution is 0.0856. The summed E-state index contributed by atoms with van der Waals surface area (Å²) in [5.41, 5.74) is 3.95. The summed E-state index contributed by atoms with van der Waals surface area (Å²) in [5, 5.41) is 11.9. The summed E-state index contributed by atoms with van der Waals surface area (Å²) in [4.78, 5) is 26.5. The van der Waals surface area contributed by atoms with E-state index in [0.29, 0.717) is 70.1 Å². The van der Waals surface area contributed by atoms with Crippen LogP contribution in [0, 0.1) is 6.92 Å². The maximum absolute atomic E-state index is 13.0. The average molecular weight is 536 g/mol. The van der Waals surface area contributed by atoms with E-state index in [9.17, 15) is 9.59 Å². The Morgan fingerprint density at radius 1 is 1.09 bits per heavy atom. The van der Waals surface area contributed by atoms with Crippen LogP contribution in [0.25, 0.3) is 22.4 Å². The Morgan fingerprint density at radius 3 is 2.40 bits per heavy atom. The number of H-pyrrole nitrogens is 1. The molecule has 1 saturated heterocycles. The van der Waals surface area contributed by atoms with E-state index in [4.69, 9.17) is 39.5 Å². The molecule has 184 valence electrons. The van der Waals surface area contributed by atoms with Gasteiger partial charge in [-0.15, -0.1) is 0 Å². The van der Waals surface area contributed by atoms with Crippen LogP contribution in [0.3, 0.4) is 0 Å². The van der Waals surface area contributed by atoms with Crippen LogP contribution < -0.4 is 5.32 Å². The lowest BCUT2D eigenvalue weighted by Gasteiger charge is -2.31. The lowest BCUT2D eigenvalue weighted by Crippen LogP contribution is -2.46. The molecule has 10 heteroatoms. The van der Waals surface area contributed by atoms with Gasteiger partial charge in [-0.25, -0.2) is 4.79 Å². The molecule has 35 heavy (non-hydrogen) atoms. The Morgan fingerprint density at radius 2 is 1.74 bits per heavy atom. The molecular weight excluding hydrogens is 511 g/mol. The van der Waals surface area contributed by atoms with Gasteiger partial charge >= 0.3 is 6.09 Å². The summed E-state index contributed by atoms with van der Waals surface area (Å²) in [7, 11) is 0. The topological polar surface area (TPSA) is 87.3 Å². The molecule has 0 unspecified atom stereocenters. The number of ether oxygens (including phenoxy) is 1. The predicted octanol–water partition coefficient (Wildman–Crippen LogP) is 6.36. The molecule has 3 aromatic rings. The van der Waals surface area contributed by atoms with Crippen molar-refractivity contribution >= 4 is 46.8 Å². The second-order valence-electron chi connectivity index (χ2n) is 8.32. The molecule has 0 bridgehead atoms. The van der Waals surface area contributed by atoms with Gasteiger partial charge in [0.05, 0.1) is 17.3 Å². The molecule has 1 aromatic heterocycles. The van der Waals surface area contributed by atoms with Gasteiger partial charge in [0.1, 0.15) is 5.69 Å². The van der Waals surface area contributed by atoms with Gasteiger partial charge in [0.15, 0.2) is 0 Å². The summed E-state index contributed by atoms with van der Waals surface area (Å²) in [5.74, 6) is -0.251. The van der Waals surface area contributed by atoms with E-state index in [0.717, 1.165) is 11.1 Å². The van der Waals surface area contributed by atoms with Crippen LogP contribution in [0.5, 0.6) is 0 Å². The second-order valence-corrected chi connectivity index (χ2v) is 9.58. The molecule has 1 aliphatic rings. The fourth-order valence-corrected chi connectivity index (χ4v) is 4.85. The van der Waals surface area contributed by atoms with E-state index in [2.05, 4.69) is 15.5 Å². The van der Waals surface area contributed by atoms with E-state index >= 15 is 0 Å². The molecular formula is C25H25Cl3N4O3. The average Bonchev–Trinajstić information content (AvgIpc) is 3.21. The van der Waals surface area contributed by atoms with E-state index in [-0.39, 0.29) is 18.0 Å². The fourth-order valence-electron chi connectivity index (χ4n) is 4.14. The number of benzene rings is 2. The van der Waals surface area contributed by atoms with Crippen LogP contribution in [0.4, 0.5) is 4.79 Å². The highest BCUT2D eigenvalue weighted by atomic mass is 35.5. The number of nitrogens with one attached hydrogen (secondary N) is 2. The van der Waals surface area contributed by atoms with Gasteiger partial charge in [-0.1, -0.05) is 46.9 Å². The zero-order chi connectivity index (χ0) is 25.1. The molecule has 2 aromatic carbocycles. The molecule has 1 aliphatic heterocycles. The Balaban J connectivity index is 1.51. The standard InChI is InChI=1S/C25H25Cl3N4O3/c1-3-35-25(34)32-10-8-17(9-11-32)29-24(33)23-14(2)22(30-31-23)19-12-18(20(27)13-21(19)28)15-4-6-16(26)7-5-15/h4-7,12-13,17H,3,8-11H2,1-2H3,(H,29,33)(H,30,31). The normalized spacial score (nSPS) is 14.1. The molecule has 2 heterocycles. The summed E-state index contributed by atoms with van der Waals surface area (Å²) in [6.45, 7) is 5.01. The third kappa shape index (κ3) is 5.58. The fraction of sp³-hybridized carbons (Fsp3) is 0.320. The number of amides is 2. The number of halogens is 3. The largest absolute Gasteiger partial charge is 0.450 e. The van der Waals surface area contributed by atoms with Gasteiger partial charge in [0, 0.05) is 45.9 Å². The van der Waals surface area contributed by atoms with Gasteiger partial charge in [-0.05, 0) is 56.5 Å². The molecule has 1 fully saturated rings. The van der Waals surface area contributed by atoms with Crippen molar-refractivity contribution in [3.8, 4) is 22.4 Å². The summed E-state index contributed by atoms with van der Waals surface area (Å²) in [6, 6.07) is 10.8. The molecule has 2 N–H and O–H groups in total. The third-order valence-corrected chi connectivity index (χ3v) is 6.94. The first kappa shape index (κ1) is 25.4. The van der Waals surface area contributed by atoms with E-state index in [1.165, 1.54) is 0 Å². The Kier molecular flexibility index (Phi) is 7.89. The van der Waals surface area contributed by atoms with Crippen molar-refractivity contribution in [2.24, 2.45) is 0 Å². The number of rotatable bonds is 5. The summed E-state index contributed by atoms with van der Waals surface area (Å²) in [6.07, 6.45) is 0.986. The first-order chi connectivity index (χ1) is 16.8. The monoisotopic (exact) mass is 534 g/mol. The lowest BCUT2D eigenvalue weighted by atomic mass is 9.99. The number of aromatic amines is 1. The van der Waals surface area contributed by atoms with Gasteiger partial charge in [-0.2, -0.15) is 5.10 Å². The zero-order valence-corrected chi connectivity index (χ0v) is 21.6. The summed E-state index contributed by atoms with van der Waals surface area (Å²) < 4.78 is 5.05. The number of hydrogen-bond donors (Lipinski definition) is 2. The van der Waals surface area contributed by atoms with E-state index < -0.39 is 0 Å². The highest BCUT2D eigenvalue weighted by Crippen LogP contribution is 2.38. The zero-order valence-electron chi connectivity index (χ0n) is 19.3. The first-order valence-electron chi connectivity index (χ1n) is 11.3. The molecule has 0 radical (unpaired) electrons. The number of hydrogen-bond acceptors (Lipinski definition) is 4. The van der Waals surface area contributed by atoms with Crippen molar-refractivity contribution in [3.05, 3.63) is 62.7 Å². The number of carbonyl (C=O) groups is 2. The molecule has 7 nitrogen and oxygen atoms in total. The third-order valence-electron chi connectivity index (χ3n) is 6.06. The first-order valence-corrected chi connectivity index (χ1v) is 12.4. The maximum atomic E-state index is 13.0. The maximum Gasteiger partial charge on any atom is 0.409 e. The van der Waals surface area contributed by atoms with Crippen LogP contribution in [-0.4, -0.2) is 52.8 Å². The van der Waals surface area contributed by atoms with Crippen LogP contribution >= 0.6 is 34.8 Å².